The number of carbonyl (C=O) groups is 2. The number of hydrogen-bond donors (Lipinski definition) is 0. The molecule has 0 amide bonds. The number of methoxy groups -OCH3 is 1. The third-order valence-electron chi connectivity index (χ3n) is 3.21. The number of rotatable bonds is 8. The maximum Gasteiger partial charge on any atom is 0.460 e. The van der Waals surface area contributed by atoms with Gasteiger partial charge in [0, 0.05) is 0 Å². The Labute approximate surface area is 148 Å². The highest BCUT2D eigenvalue weighted by atomic mass is 19.4. The summed E-state index contributed by atoms with van der Waals surface area (Å²) >= 11 is 0. The summed E-state index contributed by atoms with van der Waals surface area (Å²) in [5.41, 5.74) is 0. The molecule has 29 heavy (non-hydrogen) atoms. The van der Waals surface area contributed by atoms with E-state index in [0.717, 1.165) is 0 Å². The second-order valence-corrected chi connectivity index (χ2v) is 5.12. The fraction of sp³-hybridized carbons (Fsp3) is 0.818. The lowest BCUT2D eigenvalue weighted by molar-refractivity contribution is -0.449. The predicted octanol–water partition coefficient (Wildman–Crippen LogP) is 4.49. The van der Waals surface area contributed by atoms with Crippen LogP contribution in [0.2, 0.25) is 0 Å². The number of esters is 1. The molecule has 0 unspecified atom stereocenters. The lowest BCUT2D eigenvalue weighted by Gasteiger charge is -2.41. The maximum atomic E-state index is 13.3. The Hall–Kier alpha value is -1.91. The molecule has 0 aromatic heterocycles. The molecule has 0 aromatic rings. The highest BCUT2D eigenvalue weighted by molar-refractivity contribution is 6.00. The van der Waals surface area contributed by atoms with E-state index < -0.39 is 59.9 Å². The van der Waals surface area contributed by atoms with Crippen LogP contribution in [0.5, 0.6) is 0 Å². The van der Waals surface area contributed by atoms with Gasteiger partial charge in [-0.05, 0) is 0 Å². The molecule has 0 heterocycles. The molecule has 0 aromatic carbocycles. The Bertz CT molecular complexity index is 648. The number of halogens is 15. The van der Waals surface area contributed by atoms with Crippen LogP contribution in [-0.4, -0.2) is 60.6 Å². The van der Waals surface area contributed by atoms with Crippen LogP contribution in [0.25, 0.3) is 0 Å². The van der Waals surface area contributed by atoms with Crippen LogP contribution in [0, 0.1) is 0 Å². The molecule has 172 valence electrons. The minimum Gasteiger partial charge on any atom is -0.469 e. The molecule has 0 saturated carbocycles. The fourth-order valence-corrected chi connectivity index (χ4v) is 1.46. The number of hydrogen-bond acceptors (Lipinski definition) is 3. The number of ketones is 1. The van der Waals surface area contributed by atoms with Crippen molar-refractivity contribution in [3.05, 3.63) is 0 Å². The zero-order chi connectivity index (χ0) is 24.1. The third-order valence-corrected chi connectivity index (χ3v) is 3.21. The van der Waals surface area contributed by atoms with Gasteiger partial charge in [-0.25, -0.2) is 0 Å². The Kier molecular flexibility index (Phi) is 6.63. The van der Waals surface area contributed by atoms with Gasteiger partial charge in [-0.1, -0.05) is 0 Å². The van der Waals surface area contributed by atoms with E-state index in [9.17, 15) is 75.4 Å². The van der Waals surface area contributed by atoms with Crippen molar-refractivity contribution in [3.8, 4) is 0 Å². The molecule has 0 spiro atoms. The van der Waals surface area contributed by atoms with Crippen LogP contribution < -0.4 is 0 Å². The summed E-state index contributed by atoms with van der Waals surface area (Å²) < 4.78 is 196. The lowest BCUT2D eigenvalue weighted by Crippen LogP contribution is -2.73. The first-order chi connectivity index (χ1) is 12.4. The molecule has 0 rings (SSSR count). The Morgan fingerprint density at radius 2 is 0.897 bits per heavy atom. The summed E-state index contributed by atoms with van der Waals surface area (Å²) in [4.78, 5) is 21.4. The zero-order valence-corrected chi connectivity index (χ0v) is 13.1. The smallest absolute Gasteiger partial charge is 0.460 e. The molecule has 0 saturated heterocycles. The van der Waals surface area contributed by atoms with Crippen LogP contribution in [-0.2, 0) is 14.3 Å². The van der Waals surface area contributed by atoms with Crippen molar-refractivity contribution in [1.29, 1.82) is 0 Å². The van der Waals surface area contributed by atoms with Crippen molar-refractivity contribution in [2.75, 3.05) is 7.11 Å². The Morgan fingerprint density at radius 1 is 0.586 bits per heavy atom. The summed E-state index contributed by atoms with van der Waals surface area (Å²) in [5.74, 6) is -54.2. The van der Waals surface area contributed by atoms with Gasteiger partial charge in [-0.2, -0.15) is 65.9 Å². The van der Waals surface area contributed by atoms with Crippen molar-refractivity contribution in [3.63, 3.8) is 0 Å². The first kappa shape index (κ1) is 27.1. The highest BCUT2D eigenvalue weighted by Crippen LogP contribution is 2.62. The average Bonchev–Trinajstić information content (AvgIpc) is 2.52. The van der Waals surface area contributed by atoms with E-state index >= 15 is 0 Å². The highest BCUT2D eigenvalue weighted by Gasteiger charge is 2.93. The van der Waals surface area contributed by atoms with Crippen LogP contribution in [0.1, 0.15) is 6.42 Å². The average molecular weight is 470 g/mol. The van der Waals surface area contributed by atoms with Gasteiger partial charge in [-0.15, -0.1) is 0 Å². The Morgan fingerprint density at radius 3 is 1.21 bits per heavy atom. The Balaban J connectivity index is 6.50. The summed E-state index contributed by atoms with van der Waals surface area (Å²) in [6.45, 7) is 0. The zero-order valence-electron chi connectivity index (χ0n) is 13.1. The van der Waals surface area contributed by atoms with Crippen molar-refractivity contribution < 1.29 is 80.2 Å². The van der Waals surface area contributed by atoms with Gasteiger partial charge >= 0.3 is 47.7 Å². The van der Waals surface area contributed by atoms with Gasteiger partial charge in [0.1, 0.15) is 6.42 Å². The maximum absolute atomic E-state index is 13.3. The van der Waals surface area contributed by atoms with Gasteiger partial charge in [-0.3, -0.25) is 9.59 Å². The monoisotopic (exact) mass is 470 g/mol. The van der Waals surface area contributed by atoms with Gasteiger partial charge in [0.05, 0.1) is 7.11 Å². The van der Waals surface area contributed by atoms with Gasteiger partial charge in [0.25, 0.3) is 0 Å². The number of Topliss-reactive ketones (excluding diaryl/α,β-unsaturated/α-hetero) is 1. The summed E-state index contributed by atoms with van der Waals surface area (Å²) in [5, 5.41) is 0. The minimum atomic E-state index is -8.49. The van der Waals surface area contributed by atoms with Crippen LogP contribution in [0.3, 0.4) is 0 Å². The van der Waals surface area contributed by atoms with Crippen molar-refractivity contribution >= 4 is 11.8 Å². The van der Waals surface area contributed by atoms with E-state index in [1.807, 2.05) is 0 Å². The van der Waals surface area contributed by atoms with E-state index in [1.165, 1.54) is 0 Å². The van der Waals surface area contributed by atoms with Crippen LogP contribution >= 0.6 is 0 Å². The van der Waals surface area contributed by atoms with E-state index in [-0.39, 0.29) is 0 Å². The van der Waals surface area contributed by atoms with E-state index in [0.29, 0.717) is 7.11 Å². The normalized spacial score (nSPS) is 15.3. The molecule has 3 nitrogen and oxygen atoms in total. The lowest BCUT2D eigenvalue weighted by atomic mass is 9.89. The quantitative estimate of drug-likeness (QED) is 0.299. The number of carbonyl (C=O) groups excluding carboxylic acids is 2. The third kappa shape index (κ3) is 3.69. The van der Waals surface area contributed by atoms with Crippen LogP contribution in [0.4, 0.5) is 65.9 Å². The second-order valence-electron chi connectivity index (χ2n) is 5.12. The largest absolute Gasteiger partial charge is 0.469 e. The second kappa shape index (κ2) is 7.10. The summed E-state index contributed by atoms with van der Waals surface area (Å²) in [6.07, 6.45) is -10.2. The molecule has 0 fully saturated rings. The first-order valence-corrected chi connectivity index (χ1v) is 6.31. The van der Waals surface area contributed by atoms with Gasteiger partial charge in [0.15, 0.2) is 0 Å². The molecule has 0 aliphatic heterocycles. The van der Waals surface area contributed by atoms with Gasteiger partial charge in [0.2, 0.25) is 5.78 Å². The first-order valence-electron chi connectivity index (χ1n) is 6.31. The van der Waals surface area contributed by atoms with E-state index in [1.54, 1.807) is 0 Å². The number of alkyl halides is 15. The molecule has 0 bridgehead atoms. The standard InChI is InChI=1S/C11H5F15O3/c1-29-4(28)2-3(27)5(12,13)6(14,15)7(16,17)8(18,19)9(20,21)10(22,23)11(24,25)26/h2H2,1H3. The molecular weight excluding hydrogens is 465 g/mol. The van der Waals surface area contributed by atoms with E-state index in [2.05, 4.69) is 4.74 Å². The molecular formula is C11H5F15O3. The van der Waals surface area contributed by atoms with Gasteiger partial charge < -0.3 is 4.74 Å². The molecule has 18 heteroatoms. The predicted molar refractivity (Wildman–Crippen MR) is 57.4 cm³/mol. The molecule has 0 radical (unpaired) electrons. The number of ether oxygens (including phenoxy) is 1. The molecule has 0 aliphatic carbocycles. The minimum absolute atomic E-state index is 0.342. The SMILES string of the molecule is COC(=O)CC(=O)C(F)(F)C(F)(F)C(F)(F)C(F)(F)C(F)(F)C(F)(F)C(F)(F)F. The summed E-state index contributed by atoms with van der Waals surface area (Å²) in [6, 6.07) is 0. The molecule has 0 aliphatic rings. The van der Waals surface area contributed by atoms with Crippen molar-refractivity contribution in [2.45, 2.75) is 48.1 Å². The summed E-state index contributed by atoms with van der Waals surface area (Å²) in [7, 11) is 0.342. The van der Waals surface area contributed by atoms with Crippen LogP contribution in [0.15, 0.2) is 0 Å². The molecule has 0 atom stereocenters. The van der Waals surface area contributed by atoms with E-state index in [4.69, 9.17) is 0 Å². The topological polar surface area (TPSA) is 43.4 Å². The van der Waals surface area contributed by atoms with Crippen molar-refractivity contribution in [1.82, 2.24) is 0 Å². The fourth-order valence-electron chi connectivity index (χ4n) is 1.46. The van der Waals surface area contributed by atoms with Crippen molar-refractivity contribution in [2.24, 2.45) is 0 Å². The molecule has 0 N–H and O–H groups in total.